The molecule has 0 aliphatic rings. The first-order valence-electron chi connectivity index (χ1n) is 10.8. The highest BCUT2D eigenvalue weighted by Crippen LogP contribution is 2.27. The molecule has 0 aromatic carbocycles. The Morgan fingerprint density at radius 2 is 1.39 bits per heavy atom. The van der Waals surface area contributed by atoms with Crippen molar-refractivity contribution < 1.29 is 33.3 Å². The second kappa shape index (κ2) is 10.1. The van der Waals surface area contributed by atoms with Gasteiger partial charge in [0, 0.05) is 19.7 Å². The molecule has 33 heavy (non-hydrogen) atoms. The van der Waals surface area contributed by atoms with Crippen molar-refractivity contribution >= 4 is 18.2 Å². The minimum Gasteiger partial charge on any atom is -0.458 e. The van der Waals surface area contributed by atoms with E-state index in [0.29, 0.717) is 5.69 Å². The van der Waals surface area contributed by atoms with Crippen LogP contribution in [0.2, 0.25) is 0 Å². The lowest BCUT2D eigenvalue weighted by Crippen LogP contribution is -2.59. The van der Waals surface area contributed by atoms with Gasteiger partial charge in [0.1, 0.15) is 35.4 Å². The highest BCUT2D eigenvalue weighted by molar-refractivity contribution is 5.86. The van der Waals surface area contributed by atoms with Gasteiger partial charge in [-0.15, -0.1) is 0 Å². The standard InChI is InChI=1S/C23H39N3O7/c1-20(2,3)31-17(27)23(10,26(15-30-11)19(29)33-22(7,8)9)12-16-13-25(14-24-16)18(28)32-21(4,5)6/h13-14H,12,15H2,1-11H3/t23-/m0/s1. The summed E-state index contributed by atoms with van der Waals surface area (Å²) in [5.41, 5.74) is -3.45. The van der Waals surface area contributed by atoms with Gasteiger partial charge in [-0.05, 0) is 69.2 Å². The predicted octanol–water partition coefficient (Wildman–Crippen LogP) is 4.15. The first-order chi connectivity index (χ1) is 14.8. The van der Waals surface area contributed by atoms with Crippen LogP contribution in [0.25, 0.3) is 0 Å². The van der Waals surface area contributed by atoms with Crippen LogP contribution >= 0.6 is 0 Å². The van der Waals surface area contributed by atoms with Crippen molar-refractivity contribution in [1.29, 1.82) is 0 Å². The molecule has 0 fully saturated rings. The number of hydrogen-bond acceptors (Lipinski definition) is 8. The van der Waals surface area contributed by atoms with Gasteiger partial charge in [-0.25, -0.2) is 23.9 Å². The molecule has 0 bridgehead atoms. The molecule has 0 aliphatic carbocycles. The van der Waals surface area contributed by atoms with E-state index in [1.807, 2.05) is 0 Å². The fourth-order valence-electron chi connectivity index (χ4n) is 2.73. The Kier molecular flexibility index (Phi) is 8.70. The van der Waals surface area contributed by atoms with Gasteiger partial charge in [0.2, 0.25) is 0 Å². The average Bonchev–Trinajstić information content (AvgIpc) is 3.03. The Morgan fingerprint density at radius 3 is 1.85 bits per heavy atom. The highest BCUT2D eigenvalue weighted by atomic mass is 16.6. The van der Waals surface area contributed by atoms with Crippen LogP contribution in [-0.4, -0.2) is 68.8 Å². The first kappa shape index (κ1) is 28.4. The van der Waals surface area contributed by atoms with E-state index in [-0.39, 0.29) is 13.2 Å². The Bertz CT molecular complexity index is 843. The highest BCUT2D eigenvalue weighted by Gasteiger charge is 2.47. The zero-order chi connectivity index (χ0) is 25.8. The molecule has 1 rings (SSSR count). The Morgan fingerprint density at radius 1 is 0.879 bits per heavy atom. The molecule has 188 valence electrons. The van der Waals surface area contributed by atoms with Gasteiger partial charge < -0.3 is 18.9 Å². The summed E-state index contributed by atoms with van der Waals surface area (Å²) in [6.07, 6.45) is 1.34. The summed E-state index contributed by atoms with van der Waals surface area (Å²) in [6, 6.07) is 0. The first-order valence-corrected chi connectivity index (χ1v) is 10.8. The number of methoxy groups -OCH3 is 1. The lowest BCUT2D eigenvalue weighted by Gasteiger charge is -2.40. The summed E-state index contributed by atoms with van der Waals surface area (Å²) >= 11 is 0. The molecule has 0 aliphatic heterocycles. The van der Waals surface area contributed by atoms with E-state index in [0.717, 1.165) is 0 Å². The number of imidazole rings is 1. The molecular weight excluding hydrogens is 430 g/mol. The van der Waals surface area contributed by atoms with E-state index in [1.165, 1.54) is 29.1 Å². The van der Waals surface area contributed by atoms with Crippen molar-refractivity contribution in [3.63, 3.8) is 0 Å². The van der Waals surface area contributed by atoms with Crippen LogP contribution in [0.1, 0.15) is 74.9 Å². The summed E-state index contributed by atoms with van der Waals surface area (Å²) < 4.78 is 22.9. The number of amides is 1. The lowest BCUT2D eigenvalue weighted by molar-refractivity contribution is -0.171. The minimum atomic E-state index is -1.54. The lowest BCUT2D eigenvalue weighted by atomic mass is 9.93. The Hall–Kier alpha value is -2.62. The van der Waals surface area contributed by atoms with Gasteiger partial charge >= 0.3 is 18.2 Å². The Balaban J connectivity index is 3.38. The van der Waals surface area contributed by atoms with Gasteiger partial charge in [0.05, 0.1) is 5.69 Å². The molecule has 0 unspecified atom stereocenters. The third-order valence-electron chi connectivity index (χ3n) is 4.07. The zero-order valence-electron chi connectivity index (χ0n) is 21.8. The molecule has 0 N–H and O–H groups in total. The monoisotopic (exact) mass is 469 g/mol. The summed E-state index contributed by atoms with van der Waals surface area (Å²) in [7, 11) is 1.41. The quantitative estimate of drug-likeness (QED) is 0.347. The SMILES string of the molecule is COCN(C(=O)OC(C)(C)C)[C@@](C)(Cc1cn(C(=O)OC(C)(C)C)cn1)C(=O)OC(C)(C)C. The van der Waals surface area contributed by atoms with Crippen LogP contribution in [0, 0.1) is 0 Å². The molecule has 0 saturated heterocycles. The molecule has 0 spiro atoms. The third kappa shape index (κ3) is 9.03. The number of aromatic nitrogens is 2. The largest absolute Gasteiger partial charge is 0.458 e. The number of hydrogen-bond donors (Lipinski definition) is 0. The second-order valence-corrected chi connectivity index (χ2v) is 11.0. The van der Waals surface area contributed by atoms with Crippen molar-refractivity contribution in [2.75, 3.05) is 13.8 Å². The van der Waals surface area contributed by atoms with Crippen molar-refractivity contribution in [1.82, 2.24) is 14.5 Å². The number of rotatable bonds is 6. The van der Waals surface area contributed by atoms with Crippen molar-refractivity contribution in [3.05, 3.63) is 18.2 Å². The van der Waals surface area contributed by atoms with Crippen LogP contribution in [0.5, 0.6) is 0 Å². The van der Waals surface area contributed by atoms with Gasteiger partial charge in [-0.3, -0.25) is 4.90 Å². The van der Waals surface area contributed by atoms with Crippen LogP contribution < -0.4 is 0 Å². The molecule has 0 saturated carbocycles. The molecule has 10 heteroatoms. The number of nitrogens with zero attached hydrogens (tertiary/aromatic N) is 3. The van der Waals surface area contributed by atoms with Gasteiger partial charge in [0.25, 0.3) is 0 Å². The minimum absolute atomic E-state index is 0.0552. The fourth-order valence-corrected chi connectivity index (χ4v) is 2.73. The van der Waals surface area contributed by atoms with Gasteiger partial charge in [-0.1, -0.05) is 0 Å². The normalized spacial score (nSPS) is 14.3. The third-order valence-corrected chi connectivity index (χ3v) is 4.07. The van der Waals surface area contributed by atoms with Crippen LogP contribution in [0.3, 0.4) is 0 Å². The Labute approximate surface area is 196 Å². The van der Waals surface area contributed by atoms with Crippen LogP contribution in [0.15, 0.2) is 12.5 Å². The maximum atomic E-state index is 13.3. The van der Waals surface area contributed by atoms with Crippen molar-refractivity contribution in [3.8, 4) is 0 Å². The fraction of sp³-hybridized carbons (Fsp3) is 0.739. The molecular formula is C23H39N3O7. The molecule has 1 amide bonds. The molecule has 1 aromatic heterocycles. The second-order valence-electron chi connectivity index (χ2n) is 11.0. The van der Waals surface area contributed by atoms with E-state index < -0.39 is 40.5 Å². The number of esters is 1. The average molecular weight is 470 g/mol. The van der Waals surface area contributed by atoms with Gasteiger partial charge in [0.15, 0.2) is 0 Å². The molecule has 0 radical (unpaired) electrons. The number of ether oxygens (including phenoxy) is 4. The topological polar surface area (TPSA) is 109 Å². The predicted molar refractivity (Wildman–Crippen MR) is 122 cm³/mol. The summed E-state index contributed by atoms with van der Waals surface area (Å²) in [6.45, 7) is 17.0. The van der Waals surface area contributed by atoms with E-state index in [4.69, 9.17) is 18.9 Å². The van der Waals surface area contributed by atoms with E-state index >= 15 is 0 Å². The van der Waals surface area contributed by atoms with Gasteiger partial charge in [-0.2, -0.15) is 0 Å². The van der Waals surface area contributed by atoms with Crippen LogP contribution in [-0.2, 0) is 30.2 Å². The molecule has 1 heterocycles. The van der Waals surface area contributed by atoms with E-state index in [1.54, 1.807) is 69.2 Å². The number of carbonyl (C=O) groups is 3. The molecule has 1 aromatic rings. The van der Waals surface area contributed by atoms with Crippen LogP contribution in [0.4, 0.5) is 9.59 Å². The number of carbonyl (C=O) groups excluding carboxylic acids is 3. The van der Waals surface area contributed by atoms with E-state index in [9.17, 15) is 14.4 Å². The van der Waals surface area contributed by atoms with Crippen molar-refractivity contribution in [2.45, 2.75) is 98.0 Å². The summed E-state index contributed by atoms with van der Waals surface area (Å²) in [4.78, 5) is 44.2. The maximum absolute atomic E-state index is 13.3. The molecule has 10 nitrogen and oxygen atoms in total. The smallest absolute Gasteiger partial charge is 0.419 e. The van der Waals surface area contributed by atoms with E-state index in [2.05, 4.69) is 4.98 Å². The molecule has 1 atom stereocenters. The summed E-state index contributed by atoms with van der Waals surface area (Å²) in [5.74, 6) is -0.662. The van der Waals surface area contributed by atoms with Crippen molar-refractivity contribution in [2.24, 2.45) is 0 Å². The zero-order valence-corrected chi connectivity index (χ0v) is 21.8. The summed E-state index contributed by atoms with van der Waals surface area (Å²) in [5, 5.41) is 0. The maximum Gasteiger partial charge on any atom is 0.419 e.